The highest BCUT2D eigenvalue weighted by Gasteiger charge is 2.27. The van der Waals surface area contributed by atoms with E-state index in [2.05, 4.69) is 24.5 Å². The van der Waals surface area contributed by atoms with Gasteiger partial charge in [-0.3, -0.25) is 4.79 Å². The maximum Gasteiger partial charge on any atom is 0.222 e. The van der Waals surface area contributed by atoms with Gasteiger partial charge in [-0.2, -0.15) is 0 Å². The molecule has 0 aromatic carbocycles. The molecule has 0 radical (unpaired) electrons. The molecule has 0 spiro atoms. The Bertz CT molecular complexity index is 265. The Morgan fingerprint density at radius 1 is 1.61 bits per heavy atom. The number of nitrogens with one attached hydrogen (secondary N) is 2. The molecule has 4 N–H and O–H groups in total. The monoisotopic (exact) mass is 257 g/mol. The van der Waals surface area contributed by atoms with E-state index in [1.807, 2.05) is 6.92 Å². The van der Waals surface area contributed by atoms with Crippen molar-refractivity contribution >= 4 is 5.91 Å². The SMILES string of the molecule is CC(C)CC(C)(CN)NC(=O)CC1COCCN1. The molecule has 5 nitrogen and oxygen atoms in total. The second-order valence-electron chi connectivity index (χ2n) is 5.84. The number of hydrogen-bond acceptors (Lipinski definition) is 4. The Labute approximate surface area is 110 Å². The Morgan fingerprint density at radius 2 is 2.33 bits per heavy atom. The van der Waals surface area contributed by atoms with E-state index < -0.39 is 0 Å². The van der Waals surface area contributed by atoms with Gasteiger partial charge in [0.25, 0.3) is 0 Å². The van der Waals surface area contributed by atoms with Crippen molar-refractivity contribution in [2.45, 2.75) is 45.2 Å². The van der Waals surface area contributed by atoms with Crippen LogP contribution in [0.3, 0.4) is 0 Å². The largest absolute Gasteiger partial charge is 0.378 e. The topological polar surface area (TPSA) is 76.4 Å². The van der Waals surface area contributed by atoms with Crippen molar-refractivity contribution < 1.29 is 9.53 Å². The quantitative estimate of drug-likeness (QED) is 0.637. The summed E-state index contributed by atoms with van der Waals surface area (Å²) in [5.41, 5.74) is 5.48. The third-order valence-electron chi connectivity index (χ3n) is 3.18. The molecule has 5 heteroatoms. The molecule has 1 saturated heterocycles. The van der Waals surface area contributed by atoms with Crippen molar-refractivity contribution in [1.82, 2.24) is 10.6 Å². The summed E-state index contributed by atoms with van der Waals surface area (Å²) >= 11 is 0. The van der Waals surface area contributed by atoms with Gasteiger partial charge in [0.05, 0.1) is 13.2 Å². The molecule has 1 amide bonds. The molecule has 0 aromatic heterocycles. The van der Waals surface area contributed by atoms with E-state index in [-0.39, 0.29) is 17.5 Å². The Kier molecular flexibility index (Phi) is 6.05. The number of nitrogens with two attached hydrogens (primary N) is 1. The van der Waals surface area contributed by atoms with E-state index in [1.165, 1.54) is 0 Å². The van der Waals surface area contributed by atoms with Crippen molar-refractivity contribution in [3.05, 3.63) is 0 Å². The van der Waals surface area contributed by atoms with Crippen LogP contribution in [0, 0.1) is 5.92 Å². The zero-order valence-corrected chi connectivity index (χ0v) is 11.8. The highest BCUT2D eigenvalue weighted by atomic mass is 16.5. The van der Waals surface area contributed by atoms with Crippen LogP contribution in [0.4, 0.5) is 0 Å². The van der Waals surface area contributed by atoms with Gasteiger partial charge in [0, 0.05) is 31.1 Å². The molecule has 0 aliphatic carbocycles. The number of rotatable bonds is 6. The normalized spacial score (nSPS) is 23.7. The molecule has 1 aliphatic rings. The van der Waals surface area contributed by atoms with Gasteiger partial charge < -0.3 is 21.1 Å². The zero-order chi connectivity index (χ0) is 13.6. The molecular formula is C13H27N3O2. The van der Waals surface area contributed by atoms with Crippen molar-refractivity contribution in [1.29, 1.82) is 0 Å². The van der Waals surface area contributed by atoms with Crippen LogP contribution in [0.1, 0.15) is 33.6 Å². The fourth-order valence-corrected chi connectivity index (χ4v) is 2.45. The van der Waals surface area contributed by atoms with Gasteiger partial charge in [-0.05, 0) is 19.3 Å². The van der Waals surface area contributed by atoms with Crippen LogP contribution in [-0.4, -0.2) is 43.8 Å². The Morgan fingerprint density at radius 3 is 2.83 bits per heavy atom. The molecule has 2 atom stereocenters. The van der Waals surface area contributed by atoms with Crippen molar-refractivity contribution in [2.75, 3.05) is 26.3 Å². The predicted molar refractivity (Wildman–Crippen MR) is 72.3 cm³/mol. The van der Waals surface area contributed by atoms with Gasteiger partial charge in [0.15, 0.2) is 0 Å². The minimum Gasteiger partial charge on any atom is -0.378 e. The van der Waals surface area contributed by atoms with Crippen LogP contribution >= 0.6 is 0 Å². The van der Waals surface area contributed by atoms with Gasteiger partial charge in [-0.15, -0.1) is 0 Å². The number of morpholine rings is 1. The van der Waals surface area contributed by atoms with Crippen LogP contribution in [0.5, 0.6) is 0 Å². The molecule has 1 rings (SSSR count). The molecule has 1 aliphatic heterocycles. The molecule has 0 aromatic rings. The number of carbonyl (C=O) groups excluding carboxylic acids is 1. The molecule has 0 saturated carbocycles. The summed E-state index contributed by atoms with van der Waals surface area (Å²) in [6, 6.07) is 0.125. The summed E-state index contributed by atoms with van der Waals surface area (Å²) in [6.07, 6.45) is 1.34. The third kappa shape index (κ3) is 5.33. The van der Waals surface area contributed by atoms with Crippen molar-refractivity contribution in [3.63, 3.8) is 0 Å². The summed E-state index contributed by atoms with van der Waals surface area (Å²) in [5.74, 6) is 0.557. The average molecular weight is 257 g/mol. The van der Waals surface area contributed by atoms with Gasteiger partial charge in [-0.1, -0.05) is 13.8 Å². The first-order valence-corrected chi connectivity index (χ1v) is 6.77. The summed E-state index contributed by atoms with van der Waals surface area (Å²) in [4.78, 5) is 12.0. The molecule has 0 bridgehead atoms. The fourth-order valence-electron chi connectivity index (χ4n) is 2.45. The standard InChI is InChI=1S/C13H27N3O2/c1-10(2)7-13(3,9-14)16-12(17)6-11-8-18-5-4-15-11/h10-11,15H,4-9,14H2,1-3H3,(H,16,17). The van der Waals surface area contributed by atoms with Crippen LogP contribution < -0.4 is 16.4 Å². The van der Waals surface area contributed by atoms with Crippen molar-refractivity contribution in [2.24, 2.45) is 11.7 Å². The molecule has 106 valence electrons. The van der Waals surface area contributed by atoms with Crippen molar-refractivity contribution in [3.8, 4) is 0 Å². The first-order chi connectivity index (χ1) is 8.45. The molecule has 2 unspecified atom stereocenters. The van der Waals surface area contributed by atoms with E-state index >= 15 is 0 Å². The smallest absolute Gasteiger partial charge is 0.222 e. The van der Waals surface area contributed by atoms with Gasteiger partial charge in [0.1, 0.15) is 0 Å². The zero-order valence-electron chi connectivity index (χ0n) is 11.8. The summed E-state index contributed by atoms with van der Waals surface area (Å²) in [6.45, 7) is 8.90. The first-order valence-electron chi connectivity index (χ1n) is 6.77. The molecule has 1 fully saturated rings. The van der Waals surface area contributed by atoms with E-state index in [4.69, 9.17) is 10.5 Å². The maximum absolute atomic E-state index is 12.0. The van der Waals surface area contributed by atoms with Crippen LogP contribution in [0.25, 0.3) is 0 Å². The average Bonchev–Trinajstić information content (AvgIpc) is 2.28. The fraction of sp³-hybridized carbons (Fsp3) is 0.923. The Hall–Kier alpha value is -0.650. The Balaban J connectivity index is 2.40. The van der Waals surface area contributed by atoms with Crippen LogP contribution in [0.2, 0.25) is 0 Å². The molecule has 18 heavy (non-hydrogen) atoms. The lowest BCUT2D eigenvalue weighted by atomic mass is 9.90. The van der Waals surface area contributed by atoms with E-state index in [0.29, 0.717) is 25.5 Å². The third-order valence-corrected chi connectivity index (χ3v) is 3.18. The van der Waals surface area contributed by atoms with E-state index in [9.17, 15) is 4.79 Å². The summed E-state index contributed by atoms with van der Waals surface area (Å²) in [5, 5.41) is 6.34. The highest BCUT2D eigenvalue weighted by Crippen LogP contribution is 2.15. The first kappa shape index (κ1) is 15.4. The lowest BCUT2D eigenvalue weighted by molar-refractivity contribution is -0.124. The van der Waals surface area contributed by atoms with Crippen LogP contribution in [0.15, 0.2) is 0 Å². The molecular weight excluding hydrogens is 230 g/mol. The number of ether oxygens (including phenoxy) is 1. The van der Waals surface area contributed by atoms with Crippen LogP contribution in [-0.2, 0) is 9.53 Å². The predicted octanol–water partition coefficient (Wildman–Crippen LogP) is 0.245. The summed E-state index contributed by atoms with van der Waals surface area (Å²) < 4.78 is 5.34. The lowest BCUT2D eigenvalue weighted by Gasteiger charge is -2.32. The second-order valence-corrected chi connectivity index (χ2v) is 5.84. The minimum absolute atomic E-state index is 0.0478. The van der Waals surface area contributed by atoms with Gasteiger partial charge in [-0.25, -0.2) is 0 Å². The maximum atomic E-state index is 12.0. The highest BCUT2D eigenvalue weighted by molar-refractivity contribution is 5.77. The molecule has 1 heterocycles. The number of carbonyl (C=O) groups is 1. The van der Waals surface area contributed by atoms with E-state index in [1.54, 1.807) is 0 Å². The number of amides is 1. The van der Waals surface area contributed by atoms with Gasteiger partial charge in [0.2, 0.25) is 5.91 Å². The number of hydrogen-bond donors (Lipinski definition) is 3. The summed E-state index contributed by atoms with van der Waals surface area (Å²) in [7, 11) is 0. The minimum atomic E-state index is -0.305. The second kappa shape index (κ2) is 7.07. The van der Waals surface area contributed by atoms with E-state index in [0.717, 1.165) is 19.6 Å². The lowest BCUT2D eigenvalue weighted by Crippen LogP contribution is -2.54. The van der Waals surface area contributed by atoms with Gasteiger partial charge >= 0.3 is 0 Å².